The summed E-state index contributed by atoms with van der Waals surface area (Å²) in [4.78, 5) is 25.6. The zero-order chi connectivity index (χ0) is 21.0. The predicted molar refractivity (Wildman–Crippen MR) is 118 cm³/mol. The largest absolute Gasteiger partial charge is 0.351 e. The molecule has 4 aromatic rings. The average Bonchev–Trinajstić information content (AvgIpc) is 3.23. The molecule has 0 bridgehead atoms. The number of carbonyl (C=O) groups is 1. The summed E-state index contributed by atoms with van der Waals surface area (Å²) in [5.41, 5.74) is 3.60. The summed E-state index contributed by atoms with van der Waals surface area (Å²) in [7, 11) is 0. The van der Waals surface area contributed by atoms with Crippen LogP contribution in [0.15, 0.2) is 67.0 Å². The number of fused-ring (bicyclic) bond motifs is 1. The summed E-state index contributed by atoms with van der Waals surface area (Å²) in [5.74, 6) is 0.937. The number of benzene rings is 2. The van der Waals surface area contributed by atoms with Crippen molar-refractivity contribution in [1.29, 1.82) is 0 Å². The van der Waals surface area contributed by atoms with Crippen LogP contribution in [-0.2, 0) is 17.8 Å². The zero-order valence-electron chi connectivity index (χ0n) is 17.1. The monoisotopic (exact) mass is 413 g/mol. The molecule has 1 aliphatic heterocycles. The molecule has 5 rings (SSSR count). The van der Waals surface area contributed by atoms with Crippen molar-refractivity contribution in [1.82, 2.24) is 29.9 Å². The second-order valence-corrected chi connectivity index (χ2v) is 7.63. The Morgan fingerprint density at radius 2 is 1.52 bits per heavy atom. The Hall–Kier alpha value is -3.81. The maximum atomic E-state index is 12.7. The summed E-state index contributed by atoms with van der Waals surface area (Å²) >= 11 is 0. The van der Waals surface area contributed by atoms with Crippen molar-refractivity contribution >= 4 is 22.9 Å². The van der Waals surface area contributed by atoms with Crippen LogP contribution in [0.1, 0.15) is 11.1 Å². The highest BCUT2D eigenvalue weighted by molar-refractivity contribution is 5.83. The van der Waals surface area contributed by atoms with Gasteiger partial charge in [0.25, 0.3) is 0 Å². The van der Waals surface area contributed by atoms with Gasteiger partial charge < -0.3 is 9.80 Å². The fraction of sp³-hybridized carbons (Fsp3) is 0.261. The molecule has 8 heteroatoms. The van der Waals surface area contributed by atoms with Crippen LogP contribution in [-0.4, -0.2) is 61.9 Å². The minimum atomic E-state index is 0.160. The van der Waals surface area contributed by atoms with Crippen LogP contribution in [0, 0.1) is 0 Å². The van der Waals surface area contributed by atoms with Gasteiger partial charge in [0.15, 0.2) is 17.0 Å². The molecule has 0 atom stereocenters. The number of piperazine rings is 1. The smallest absolute Gasteiger partial charge is 0.227 e. The lowest BCUT2D eigenvalue weighted by Gasteiger charge is -2.35. The molecule has 0 saturated carbocycles. The normalized spacial score (nSPS) is 14.2. The highest BCUT2D eigenvalue weighted by Gasteiger charge is 2.24. The van der Waals surface area contributed by atoms with Crippen molar-refractivity contribution in [3.05, 3.63) is 78.1 Å². The Balaban J connectivity index is 1.28. The average molecular weight is 413 g/mol. The molecule has 0 radical (unpaired) electrons. The van der Waals surface area contributed by atoms with E-state index >= 15 is 0 Å². The third-order valence-electron chi connectivity index (χ3n) is 5.59. The Labute approximate surface area is 180 Å². The van der Waals surface area contributed by atoms with E-state index in [2.05, 4.69) is 37.3 Å². The summed E-state index contributed by atoms with van der Waals surface area (Å²) in [6.07, 6.45) is 2.00. The van der Waals surface area contributed by atoms with Gasteiger partial charge in [-0.2, -0.15) is 0 Å². The van der Waals surface area contributed by atoms with E-state index in [9.17, 15) is 4.79 Å². The Bertz CT molecular complexity index is 1170. The molecule has 0 spiro atoms. The lowest BCUT2D eigenvalue weighted by molar-refractivity contribution is -0.130. The number of aromatic nitrogens is 5. The van der Waals surface area contributed by atoms with Crippen molar-refractivity contribution in [2.24, 2.45) is 0 Å². The van der Waals surface area contributed by atoms with Gasteiger partial charge in [0.2, 0.25) is 5.91 Å². The van der Waals surface area contributed by atoms with Gasteiger partial charge in [-0.05, 0) is 11.1 Å². The van der Waals surface area contributed by atoms with E-state index in [4.69, 9.17) is 0 Å². The minimum Gasteiger partial charge on any atom is -0.351 e. The van der Waals surface area contributed by atoms with Crippen LogP contribution >= 0.6 is 0 Å². The number of carbonyl (C=O) groups excluding carboxylic acids is 1. The van der Waals surface area contributed by atoms with Gasteiger partial charge >= 0.3 is 0 Å². The quantitative estimate of drug-likeness (QED) is 0.499. The predicted octanol–water partition coefficient (Wildman–Crippen LogP) is 2.16. The Morgan fingerprint density at radius 3 is 2.23 bits per heavy atom. The van der Waals surface area contributed by atoms with Crippen LogP contribution in [0.25, 0.3) is 11.2 Å². The highest BCUT2D eigenvalue weighted by Crippen LogP contribution is 2.22. The lowest BCUT2D eigenvalue weighted by Crippen LogP contribution is -2.49. The van der Waals surface area contributed by atoms with Crippen molar-refractivity contribution in [2.45, 2.75) is 13.0 Å². The van der Waals surface area contributed by atoms with Crippen LogP contribution in [0.4, 0.5) is 5.82 Å². The number of amides is 1. The summed E-state index contributed by atoms with van der Waals surface area (Å²) in [6, 6.07) is 20.0. The van der Waals surface area contributed by atoms with Gasteiger partial charge in [-0.1, -0.05) is 65.9 Å². The van der Waals surface area contributed by atoms with E-state index in [0.717, 1.165) is 22.6 Å². The van der Waals surface area contributed by atoms with Crippen LogP contribution in [0.2, 0.25) is 0 Å². The minimum absolute atomic E-state index is 0.160. The second-order valence-electron chi connectivity index (χ2n) is 7.63. The van der Waals surface area contributed by atoms with E-state index in [1.165, 1.54) is 0 Å². The number of nitrogens with zero attached hydrogens (tertiary/aromatic N) is 7. The van der Waals surface area contributed by atoms with Gasteiger partial charge in [0.05, 0.1) is 13.0 Å². The first-order chi connectivity index (χ1) is 15.3. The fourth-order valence-corrected chi connectivity index (χ4v) is 3.92. The second kappa shape index (κ2) is 8.51. The van der Waals surface area contributed by atoms with Gasteiger partial charge in [-0.3, -0.25) is 4.79 Å². The van der Waals surface area contributed by atoms with E-state index < -0.39 is 0 Å². The molecule has 2 aromatic heterocycles. The third-order valence-corrected chi connectivity index (χ3v) is 5.59. The molecule has 1 fully saturated rings. The van der Waals surface area contributed by atoms with E-state index in [-0.39, 0.29) is 5.91 Å². The Morgan fingerprint density at radius 1 is 0.839 bits per heavy atom. The molecule has 1 amide bonds. The summed E-state index contributed by atoms with van der Waals surface area (Å²) in [5, 5.41) is 8.67. The maximum absolute atomic E-state index is 12.7. The highest BCUT2D eigenvalue weighted by atomic mass is 16.2. The van der Waals surface area contributed by atoms with Gasteiger partial charge in [0.1, 0.15) is 6.33 Å². The topological polar surface area (TPSA) is 80.0 Å². The molecule has 1 aliphatic rings. The van der Waals surface area contributed by atoms with Crippen molar-refractivity contribution < 1.29 is 4.79 Å². The van der Waals surface area contributed by atoms with Gasteiger partial charge in [0, 0.05) is 26.2 Å². The standard InChI is InChI=1S/C23H23N7O/c31-20(15-18-7-3-1-4-8-18)28-11-13-29(14-12-28)22-21-23(25-17-24-22)30(27-26-21)16-19-9-5-2-6-10-19/h1-10,17H,11-16H2. The first kappa shape index (κ1) is 19.2. The SMILES string of the molecule is O=C(Cc1ccccc1)N1CCN(c2ncnc3c2nnn3Cc2ccccc2)CC1. The zero-order valence-corrected chi connectivity index (χ0v) is 17.1. The molecule has 1 saturated heterocycles. The number of rotatable bonds is 5. The van der Waals surface area contributed by atoms with Crippen molar-refractivity contribution in [3.8, 4) is 0 Å². The Kier molecular flexibility index (Phi) is 5.26. The van der Waals surface area contributed by atoms with Crippen molar-refractivity contribution in [3.63, 3.8) is 0 Å². The first-order valence-corrected chi connectivity index (χ1v) is 10.4. The molecule has 0 N–H and O–H groups in total. The fourth-order valence-electron chi connectivity index (χ4n) is 3.92. The molecule has 156 valence electrons. The molecular formula is C23H23N7O. The van der Waals surface area contributed by atoms with E-state index in [1.807, 2.05) is 53.4 Å². The lowest BCUT2D eigenvalue weighted by atomic mass is 10.1. The van der Waals surface area contributed by atoms with Gasteiger partial charge in [-0.15, -0.1) is 5.10 Å². The van der Waals surface area contributed by atoms with Crippen LogP contribution in [0.5, 0.6) is 0 Å². The van der Waals surface area contributed by atoms with Gasteiger partial charge in [-0.25, -0.2) is 14.6 Å². The number of hydrogen-bond donors (Lipinski definition) is 0. The molecule has 31 heavy (non-hydrogen) atoms. The number of anilines is 1. The van der Waals surface area contributed by atoms with E-state index in [1.54, 1.807) is 11.0 Å². The summed E-state index contributed by atoms with van der Waals surface area (Å²) < 4.78 is 1.80. The van der Waals surface area contributed by atoms with Crippen molar-refractivity contribution in [2.75, 3.05) is 31.1 Å². The first-order valence-electron chi connectivity index (χ1n) is 10.4. The molecule has 0 aliphatic carbocycles. The molecule has 3 heterocycles. The number of hydrogen-bond acceptors (Lipinski definition) is 6. The van der Waals surface area contributed by atoms with Crippen LogP contribution in [0.3, 0.4) is 0 Å². The molecule has 0 unspecified atom stereocenters. The summed E-state index contributed by atoms with van der Waals surface area (Å²) in [6.45, 7) is 3.34. The third kappa shape index (κ3) is 4.09. The molecule has 8 nitrogen and oxygen atoms in total. The maximum Gasteiger partial charge on any atom is 0.227 e. The van der Waals surface area contributed by atoms with E-state index in [0.29, 0.717) is 44.7 Å². The molecule has 2 aromatic carbocycles. The molecular weight excluding hydrogens is 390 g/mol. The van der Waals surface area contributed by atoms with Crippen LogP contribution < -0.4 is 4.90 Å².